The second-order valence-corrected chi connectivity index (χ2v) is 7.27. The Kier molecular flexibility index (Phi) is 6.61. The molecular weight excluding hydrogens is 387 g/mol. The molecule has 30 heavy (non-hydrogen) atoms. The maximum Gasteiger partial charge on any atom is 0.303 e. The van der Waals surface area contributed by atoms with Gasteiger partial charge in [0, 0.05) is 23.1 Å². The van der Waals surface area contributed by atoms with Gasteiger partial charge in [-0.1, -0.05) is 12.1 Å². The molecule has 0 aliphatic heterocycles. The first-order chi connectivity index (χ1) is 14.3. The molecule has 3 aromatic rings. The summed E-state index contributed by atoms with van der Waals surface area (Å²) in [5, 5.41) is 12.7. The minimum atomic E-state index is -0.840. The number of fused-ring (bicyclic) bond motifs is 1. The third-order valence-corrected chi connectivity index (χ3v) is 4.97. The first-order valence-electron chi connectivity index (χ1n) is 9.77. The van der Waals surface area contributed by atoms with Crippen LogP contribution in [0, 0.1) is 5.82 Å². The van der Waals surface area contributed by atoms with Crippen molar-refractivity contribution in [1.29, 1.82) is 0 Å². The van der Waals surface area contributed by atoms with Crippen molar-refractivity contribution in [3.63, 3.8) is 0 Å². The van der Waals surface area contributed by atoms with Gasteiger partial charge < -0.3 is 15.4 Å². The maximum absolute atomic E-state index is 13.1. The number of H-pyrrole nitrogens is 1. The zero-order chi connectivity index (χ0) is 21.7. The summed E-state index contributed by atoms with van der Waals surface area (Å²) >= 11 is 0. The number of carboxylic acids is 1. The lowest BCUT2D eigenvalue weighted by molar-refractivity contribution is -0.137. The fourth-order valence-electron chi connectivity index (χ4n) is 3.31. The molecule has 6 nitrogen and oxygen atoms in total. The Balaban J connectivity index is 1.75. The quantitative estimate of drug-likeness (QED) is 0.490. The van der Waals surface area contributed by atoms with E-state index in [2.05, 4.69) is 10.3 Å². The van der Waals surface area contributed by atoms with Crippen molar-refractivity contribution in [2.45, 2.75) is 38.6 Å². The number of carboxylic acid groups (broad SMARTS) is 1. The SMILES string of the molecule is C[C@@H](NC(=O)c1ccc2c(=O)[nH]c(CCCCC(=O)O)cc2c1)c1ccc(F)cc1. The Bertz CT molecular complexity index is 1120. The summed E-state index contributed by atoms with van der Waals surface area (Å²) in [6.07, 6.45) is 1.81. The number of aliphatic carboxylic acids is 1. The predicted octanol–water partition coefficient (Wildman–Crippen LogP) is 3.96. The van der Waals surface area contributed by atoms with E-state index in [1.165, 1.54) is 12.1 Å². The lowest BCUT2D eigenvalue weighted by Crippen LogP contribution is -2.26. The average molecular weight is 410 g/mol. The molecule has 156 valence electrons. The van der Waals surface area contributed by atoms with E-state index in [-0.39, 0.29) is 29.7 Å². The number of amides is 1. The second kappa shape index (κ2) is 9.35. The van der Waals surface area contributed by atoms with Crippen LogP contribution in [0.2, 0.25) is 0 Å². The number of nitrogens with one attached hydrogen (secondary N) is 2. The van der Waals surface area contributed by atoms with E-state index >= 15 is 0 Å². The number of hydrogen-bond acceptors (Lipinski definition) is 3. The van der Waals surface area contributed by atoms with Crippen LogP contribution >= 0.6 is 0 Å². The van der Waals surface area contributed by atoms with Crippen LogP contribution in [-0.2, 0) is 11.2 Å². The van der Waals surface area contributed by atoms with Gasteiger partial charge in [0.05, 0.1) is 6.04 Å². The molecule has 1 amide bonds. The average Bonchev–Trinajstić information content (AvgIpc) is 2.71. The van der Waals surface area contributed by atoms with Crippen LogP contribution in [0.1, 0.15) is 53.8 Å². The molecule has 1 atom stereocenters. The molecule has 0 bridgehead atoms. The number of aromatic amines is 1. The van der Waals surface area contributed by atoms with Crippen LogP contribution in [0.25, 0.3) is 10.8 Å². The molecule has 0 aliphatic rings. The Morgan fingerprint density at radius 3 is 2.53 bits per heavy atom. The third-order valence-electron chi connectivity index (χ3n) is 4.97. The van der Waals surface area contributed by atoms with E-state index < -0.39 is 5.97 Å². The molecule has 3 N–H and O–H groups in total. The fraction of sp³-hybridized carbons (Fsp3) is 0.261. The summed E-state index contributed by atoms with van der Waals surface area (Å²) in [7, 11) is 0. The van der Waals surface area contributed by atoms with Gasteiger partial charge in [0.2, 0.25) is 0 Å². The summed E-state index contributed by atoms with van der Waals surface area (Å²) in [5.41, 5.74) is 1.66. The van der Waals surface area contributed by atoms with Gasteiger partial charge in [0.1, 0.15) is 5.82 Å². The Hall–Kier alpha value is -3.48. The zero-order valence-electron chi connectivity index (χ0n) is 16.6. The first kappa shape index (κ1) is 21.2. The molecule has 2 aromatic carbocycles. The molecule has 0 saturated carbocycles. The molecule has 0 radical (unpaired) electrons. The Morgan fingerprint density at radius 1 is 1.10 bits per heavy atom. The van der Waals surface area contributed by atoms with Gasteiger partial charge in [0.15, 0.2) is 0 Å². The Labute approximate surface area is 172 Å². The van der Waals surface area contributed by atoms with Crippen LogP contribution in [0.15, 0.2) is 53.3 Å². The summed E-state index contributed by atoms with van der Waals surface area (Å²) in [5.74, 6) is -1.47. The number of halogens is 1. The number of carbonyl (C=O) groups is 2. The van der Waals surface area contributed by atoms with Crippen molar-refractivity contribution in [1.82, 2.24) is 10.3 Å². The van der Waals surface area contributed by atoms with E-state index in [1.807, 2.05) is 13.0 Å². The molecule has 3 rings (SSSR count). The molecule has 0 unspecified atom stereocenters. The van der Waals surface area contributed by atoms with Crippen LogP contribution in [0.3, 0.4) is 0 Å². The first-order valence-corrected chi connectivity index (χ1v) is 9.77. The summed E-state index contributed by atoms with van der Waals surface area (Å²) < 4.78 is 13.1. The van der Waals surface area contributed by atoms with E-state index in [0.29, 0.717) is 41.3 Å². The third kappa shape index (κ3) is 5.31. The number of unbranched alkanes of at least 4 members (excludes halogenated alkanes) is 1. The van der Waals surface area contributed by atoms with Gasteiger partial charge in [0.25, 0.3) is 11.5 Å². The van der Waals surface area contributed by atoms with E-state index in [0.717, 1.165) is 5.56 Å². The second-order valence-electron chi connectivity index (χ2n) is 7.27. The topological polar surface area (TPSA) is 99.3 Å². The van der Waals surface area contributed by atoms with Crippen molar-refractivity contribution < 1.29 is 19.1 Å². The van der Waals surface area contributed by atoms with Gasteiger partial charge in [-0.05, 0) is 73.5 Å². The number of pyridine rings is 1. The number of rotatable bonds is 8. The molecule has 0 fully saturated rings. The van der Waals surface area contributed by atoms with Crippen molar-refractivity contribution in [2.24, 2.45) is 0 Å². The van der Waals surface area contributed by atoms with E-state index in [4.69, 9.17) is 5.11 Å². The monoisotopic (exact) mass is 410 g/mol. The normalized spacial score (nSPS) is 11.9. The highest BCUT2D eigenvalue weighted by Crippen LogP contribution is 2.17. The van der Waals surface area contributed by atoms with E-state index in [1.54, 1.807) is 30.3 Å². The summed E-state index contributed by atoms with van der Waals surface area (Å²) in [6.45, 7) is 1.81. The van der Waals surface area contributed by atoms with Crippen LogP contribution in [-0.4, -0.2) is 22.0 Å². The lowest BCUT2D eigenvalue weighted by Gasteiger charge is -2.15. The number of aryl methyl sites for hydroxylation is 1. The summed E-state index contributed by atoms with van der Waals surface area (Å²) in [4.78, 5) is 38.4. The zero-order valence-corrected chi connectivity index (χ0v) is 16.6. The lowest BCUT2D eigenvalue weighted by atomic mass is 10.0. The number of hydrogen-bond donors (Lipinski definition) is 3. The number of aromatic nitrogens is 1. The van der Waals surface area contributed by atoms with Gasteiger partial charge in [-0.3, -0.25) is 14.4 Å². The number of carbonyl (C=O) groups excluding carboxylic acids is 1. The number of benzene rings is 2. The molecule has 7 heteroatoms. The van der Waals surface area contributed by atoms with Gasteiger partial charge in [-0.25, -0.2) is 4.39 Å². The highest BCUT2D eigenvalue weighted by molar-refractivity contribution is 5.98. The minimum Gasteiger partial charge on any atom is -0.481 e. The largest absolute Gasteiger partial charge is 0.481 e. The van der Waals surface area contributed by atoms with Crippen LogP contribution in [0.4, 0.5) is 4.39 Å². The highest BCUT2D eigenvalue weighted by Gasteiger charge is 2.13. The predicted molar refractivity (Wildman–Crippen MR) is 112 cm³/mol. The van der Waals surface area contributed by atoms with Crippen molar-refractivity contribution in [3.05, 3.63) is 81.5 Å². The molecular formula is C23H23FN2O4. The molecule has 0 spiro atoms. The van der Waals surface area contributed by atoms with Crippen LogP contribution in [0.5, 0.6) is 0 Å². The van der Waals surface area contributed by atoms with Crippen molar-refractivity contribution in [3.8, 4) is 0 Å². The molecule has 0 saturated heterocycles. The minimum absolute atomic E-state index is 0.0916. The molecule has 1 heterocycles. The highest BCUT2D eigenvalue weighted by atomic mass is 19.1. The van der Waals surface area contributed by atoms with Crippen LogP contribution < -0.4 is 10.9 Å². The van der Waals surface area contributed by atoms with Gasteiger partial charge in [-0.15, -0.1) is 0 Å². The van der Waals surface area contributed by atoms with E-state index in [9.17, 15) is 18.8 Å². The van der Waals surface area contributed by atoms with Gasteiger partial charge in [-0.2, -0.15) is 0 Å². The molecule has 1 aromatic heterocycles. The van der Waals surface area contributed by atoms with Crippen molar-refractivity contribution in [2.75, 3.05) is 0 Å². The molecule has 0 aliphatic carbocycles. The maximum atomic E-state index is 13.1. The standard InChI is InChI=1S/C23H23FN2O4/c1-14(15-6-9-18(24)10-7-15)25-22(29)16-8-11-20-17(12-16)13-19(26-23(20)30)4-2-3-5-21(27)28/h6-14H,2-5H2,1H3,(H,25,29)(H,26,30)(H,27,28)/t14-/m1/s1. The fourth-order valence-corrected chi connectivity index (χ4v) is 3.31. The summed E-state index contributed by atoms with van der Waals surface area (Å²) in [6, 6.07) is 12.3. The van der Waals surface area contributed by atoms with Crippen molar-refractivity contribution >= 4 is 22.6 Å². The van der Waals surface area contributed by atoms with Gasteiger partial charge >= 0.3 is 5.97 Å². The Morgan fingerprint density at radius 2 is 1.83 bits per heavy atom. The smallest absolute Gasteiger partial charge is 0.303 e.